The van der Waals surface area contributed by atoms with E-state index in [0.717, 1.165) is 24.4 Å². The second-order valence-electron chi connectivity index (χ2n) is 5.71. The second kappa shape index (κ2) is 6.02. The van der Waals surface area contributed by atoms with Gasteiger partial charge >= 0.3 is 0 Å². The first-order valence-corrected chi connectivity index (χ1v) is 7.29. The normalized spacial score (nSPS) is 31.9. The SMILES string of the molecule is CCCC(CN1CC2CCCC2C1)NCC. The van der Waals surface area contributed by atoms with Gasteiger partial charge in [-0.25, -0.2) is 0 Å². The molecule has 2 rings (SSSR count). The van der Waals surface area contributed by atoms with Crippen LogP contribution in [0.3, 0.4) is 0 Å². The van der Waals surface area contributed by atoms with Gasteiger partial charge in [0.05, 0.1) is 0 Å². The predicted octanol–water partition coefficient (Wildman–Crippen LogP) is 2.50. The Kier molecular flexibility index (Phi) is 4.66. The molecule has 0 aromatic carbocycles. The molecule has 1 heterocycles. The number of likely N-dealkylation sites (N-methyl/N-ethyl adjacent to an activating group) is 1. The molecule has 0 aromatic heterocycles. The van der Waals surface area contributed by atoms with Crippen molar-refractivity contribution < 1.29 is 0 Å². The summed E-state index contributed by atoms with van der Waals surface area (Å²) in [6.45, 7) is 9.69. The molecule has 1 aliphatic carbocycles. The summed E-state index contributed by atoms with van der Waals surface area (Å²) in [6.07, 6.45) is 7.13. The molecule has 2 fully saturated rings. The van der Waals surface area contributed by atoms with Crippen molar-refractivity contribution in [1.29, 1.82) is 0 Å². The van der Waals surface area contributed by atoms with Gasteiger partial charge in [-0.1, -0.05) is 26.7 Å². The molecular weight excluding hydrogens is 196 g/mol. The number of fused-ring (bicyclic) bond motifs is 1. The fourth-order valence-corrected chi connectivity index (χ4v) is 3.69. The first kappa shape index (κ1) is 12.4. The molecule has 0 aromatic rings. The van der Waals surface area contributed by atoms with E-state index in [1.54, 1.807) is 0 Å². The summed E-state index contributed by atoms with van der Waals surface area (Å²) < 4.78 is 0. The van der Waals surface area contributed by atoms with Crippen molar-refractivity contribution in [2.45, 2.75) is 52.0 Å². The number of nitrogens with one attached hydrogen (secondary N) is 1. The van der Waals surface area contributed by atoms with Crippen molar-refractivity contribution >= 4 is 0 Å². The molecule has 1 saturated heterocycles. The van der Waals surface area contributed by atoms with Gasteiger partial charge in [0.25, 0.3) is 0 Å². The van der Waals surface area contributed by atoms with Gasteiger partial charge in [-0.3, -0.25) is 0 Å². The molecule has 0 radical (unpaired) electrons. The van der Waals surface area contributed by atoms with Crippen LogP contribution >= 0.6 is 0 Å². The number of hydrogen-bond donors (Lipinski definition) is 1. The fraction of sp³-hybridized carbons (Fsp3) is 1.00. The Morgan fingerprint density at radius 2 is 1.88 bits per heavy atom. The molecule has 1 aliphatic heterocycles. The van der Waals surface area contributed by atoms with Gasteiger partial charge in [-0.2, -0.15) is 0 Å². The van der Waals surface area contributed by atoms with Gasteiger partial charge in [0.1, 0.15) is 0 Å². The third kappa shape index (κ3) is 2.98. The minimum absolute atomic E-state index is 0.730. The summed E-state index contributed by atoms with van der Waals surface area (Å²) in [4.78, 5) is 2.72. The van der Waals surface area contributed by atoms with Gasteiger partial charge in [0, 0.05) is 25.7 Å². The molecule has 2 nitrogen and oxygen atoms in total. The lowest BCUT2D eigenvalue weighted by atomic mass is 10.0. The van der Waals surface area contributed by atoms with Crippen molar-refractivity contribution in [2.75, 3.05) is 26.2 Å². The summed E-state index contributed by atoms with van der Waals surface area (Å²) in [6, 6.07) is 0.730. The number of rotatable bonds is 6. The highest BCUT2D eigenvalue weighted by Crippen LogP contribution is 2.37. The molecule has 16 heavy (non-hydrogen) atoms. The Morgan fingerprint density at radius 3 is 2.44 bits per heavy atom. The number of hydrogen-bond acceptors (Lipinski definition) is 2. The lowest BCUT2D eigenvalue weighted by Gasteiger charge is -2.24. The molecular formula is C14H28N2. The van der Waals surface area contributed by atoms with E-state index in [9.17, 15) is 0 Å². The molecule has 2 heteroatoms. The van der Waals surface area contributed by atoms with Crippen molar-refractivity contribution in [2.24, 2.45) is 11.8 Å². The molecule has 94 valence electrons. The molecule has 0 bridgehead atoms. The van der Waals surface area contributed by atoms with Gasteiger partial charge in [0.2, 0.25) is 0 Å². The van der Waals surface area contributed by atoms with Crippen molar-refractivity contribution in [3.05, 3.63) is 0 Å². The van der Waals surface area contributed by atoms with E-state index in [2.05, 4.69) is 24.1 Å². The van der Waals surface area contributed by atoms with Crippen LogP contribution in [0.1, 0.15) is 46.0 Å². The maximum atomic E-state index is 3.63. The van der Waals surface area contributed by atoms with Gasteiger partial charge in [-0.05, 0) is 37.6 Å². The topological polar surface area (TPSA) is 15.3 Å². The minimum Gasteiger partial charge on any atom is -0.313 e. The minimum atomic E-state index is 0.730. The summed E-state index contributed by atoms with van der Waals surface area (Å²) in [7, 11) is 0. The smallest absolute Gasteiger partial charge is 0.0194 e. The Labute approximate surface area is 101 Å². The van der Waals surface area contributed by atoms with Crippen LogP contribution in [0.2, 0.25) is 0 Å². The van der Waals surface area contributed by atoms with Gasteiger partial charge < -0.3 is 10.2 Å². The van der Waals surface area contributed by atoms with Crippen LogP contribution in [0.5, 0.6) is 0 Å². The Hall–Kier alpha value is -0.0800. The third-order valence-corrected chi connectivity index (χ3v) is 4.41. The largest absolute Gasteiger partial charge is 0.313 e. The molecule has 1 saturated carbocycles. The monoisotopic (exact) mass is 224 g/mol. The van der Waals surface area contributed by atoms with Gasteiger partial charge in [-0.15, -0.1) is 0 Å². The quantitative estimate of drug-likeness (QED) is 0.746. The van der Waals surface area contributed by atoms with Crippen LogP contribution in [0.25, 0.3) is 0 Å². The number of nitrogens with zero attached hydrogens (tertiary/aromatic N) is 1. The zero-order valence-electron chi connectivity index (χ0n) is 11.0. The Bertz CT molecular complexity index is 187. The summed E-state index contributed by atoms with van der Waals surface area (Å²) >= 11 is 0. The second-order valence-corrected chi connectivity index (χ2v) is 5.71. The molecule has 0 amide bonds. The summed E-state index contributed by atoms with van der Waals surface area (Å²) in [5, 5.41) is 3.63. The zero-order valence-corrected chi connectivity index (χ0v) is 11.0. The highest BCUT2D eigenvalue weighted by molar-refractivity contribution is 4.89. The van der Waals surface area contributed by atoms with Crippen LogP contribution in [0.15, 0.2) is 0 Å². The van der Waals surface area contributed by atoms with Crippen molar-refractivity contribution in [3.63, 3.8) is 0 Å². The Balaban J connectivity index is 1.75. The van der Waals surface area contributed by atoms with Crippen LogP contribution < -0.4 is 5.32 Å². The molecule has 3 atom stereocenters. The van der Waals surface area contributed by atoms with Crippen LogP contribution in [0.4, 0.5) is 0 Å². The van der Waals surface area contributed by atoms with Gasteiger partial charge in [0.15, 0.2) is 0 Å². The molecule has 1 N–H and O–H groups in total. The zero-order chi connectivity index (χ0) is 11.4. The van der Waals surface area contributed by atoms with E-state index >= 15 is 0 Å². The van der Waals surface area contributed by atoms with E-state index in [4.69, 9.17) is 0 Å². The van der Waals surface area contributed by atoms with E-state index < -0.39 is 0 Å². The van der Waals surface area contributed by atoms with E-state index in [-0.39, 0.29) is 0 Å². The highest BCUT2D eigenvalue weighted by atomic mass is 15.2. The Morgan fingerprint density at radius 1 is 1.19 bits per heavy atom. The third-order valence-electron chi connectivity index (χ3n) is 4.41. The van der Waals surface area contributed by atoms with E-state index in [1.807, 2.05) is 0 Å². The van der Waals surface area contributed by atoms with Crippen molar-refractivity contribution in [1.82, 2.24) is 10.2 Å². The fourth-order valence-electron chi connectivity index (χ4n) is 3.69. The summed E-state index contributed by atoms with van der Waals surface area (Å²) in [5.74, 6) is 2.09. The molecule has 3 unspecified atom stereocenters. The van der Waals surface area contributed by atoms with E-state index in [1.165, 1.54) is 51.7 Å². The van der Waals surface area contributed by atoms with Crippen LogP contribution in [-0.2, 0) is 0 Å². The van der Waals surface area contributed by atoms with Crippen LogP contribution in [0, 0.1) is 11.8 Å². The summed E-state index contributed by atoms with van der Waals surface area (Å²) in [5.41, 5.74) is 0. The lowest BCUT2D eigenvalue weighted by Crippen LogP contribution is -2.40. The first-order valence-electron chi connectivity index (χ1n) is 7.29. The maximum Gasteiger partial charge on any atom is 0.0194 e. The average Bonchev–Trinajstić information content (AvgIpc) is 2.78. The van der Waals surface area contributed by atoms with Crippen LogP contribution in [-0.4, -0.2) is 37.1 Å². The number of likely N-dealkylation sites (tertiary alicyclic amines) is 1. The molecule has 0 spiro atoms. The molecule has 2 aliphatic rings. The first-order chi connectivity index (χ1) is 7.83. The lowest BCUT2D eigenvalue weighted by molar-refractivity contribution is 0.265. The average molecular weight is 224 g/mol. The highest BCUT2D eigenvalue weighted by Gasteiger charge is 2.36. The standard InChI is InChI=1S/C14H28N2/c1-3-6-14(15-4-2)11-16-9-12-7-5-8-13(12)10-16/h12-15H,3-11H2,1-2H3. The predicted molar refractivity (Wildman–Crippen MR) is 69.6 cm³/mol. The maximum absolute atomic E-state index is 3.63. The van der Waals surface area contributed by atoms with E-state index in [0.29, 0.717) is 0 Å². The van der Waals surface area contributed by atoms with Crippen molar-refractivity contribution in [3.8, 4) is 0 Å².